The molecular formula is C15H17BrClNO3. The number of methoxy groups -OCH3 is 1. The molecule has 114 valence electrons. The van der Waals surface area contributed by atoms with Crippen molar-refractivity contribution in [2.75, 3.05) is 13.7 Å². The van der Waals surface area contributed by atoms with E-state index in [0.717, 1.165) is 30.2 Å². The molecule has 1 fully saturated rings. The van der Waals surface area contributed by atoms with E-state index in [1.54, 1.807) is 23.1 Å². The van der Waals surface area contributed by atoms with E-state index in [0.29, 0.717) is 10.6 Å². The second-order valence-electron chi connectivity index (χ2n) is 5.07. The van der Waals surface area contributed by atoms with Gasteiger partial charge in [-0.1, -0.05) is 40.4 Å². The number of amides is 1. The van der Waals surface area contributed by atoms with Gasteiger partial charge in [0.05, 0.1) is 17.7 Å². The van der Waals surface area contributed by atoms with Gasteiger partial charge in [-0.3, -0.25) is 9.59 Å². The van der Waals surface area contributed by atoms with E-state index < -0.39 is 5.97 Å². The second-order valence-corrected chi connectivity index (χ2v) is 6.39. The van der Waals surface area contributed by atoms with Crippen molar-refractivity contribution in [3.05, 3.63) is 33.3 Å². The first-order valence-corrected chi connectivity index (χ1v) is 8.03. The molecule has 4 nitrogen and oxygen atoms in total. The van der Waals surface area contributed by atoms with Crippen LogP contribution in [0.25, 0.3) is 0 Å². The Labute approximate surface area is 137 Å². The number of hydrogen-bond acceptors (Lipinski definition) is 3. The van der Waals surface area contributed by atoms with Gasteiger partial charge < -0.3 is 9.64 Å². The summed E-state index contributed by atoms with van der Waals surface area (Å²) < 4.78 is 5.51. The summed E-state index contributed by atoms with van der Waals surface area (Å²) in [7, 11) is 1.33. The molecule has 0 bridgehead atoms. The monoisotopic (exact) mass is 373 g/mol. The third kappa shape index (κ3) is 3.98. The van der Waals surface area contributed by atoms with Crippen LogP contribution < -0.4 is 0 Å². The number of nitrogens with zero attached hydrogens (tertiary/aromatic N) is 1. The van der Waals surface area contributed by atoms with Gasteiger partial charge in [0.15, 0.2) is 0 Å². The lowest BCUT2D eigenvalue weighted by molar-refractivity contribution is -0.141. The maximum Gasteiger partial charge on any atom is 0.325 e. The summed E-state index contributed by atoms with van der Waals surface area (Å²) in [5.41, 5.74) is 0.413. The predicted molar refractivity (Wildman–Crippen MR) is 84.5 cm³/mol. The standard InChI is InChI=1S/C15H17BrClNO3/c1-21-14(19)9-18(11-4-2-3-5-11)15(20)12-7-6-10(16)8-13(12)17/h6-8,11H,2-5,9H2,1H3. The zero-order valence-electron chi connectivity index (χ0n) is 11.8. The molecule has 1 aromatic carbocycles. The summed E-state index contributed by atoms with van der Waals surface area (Å²) in [5, 5.41) is 0.377. The Morgan fingerprint density at radius 3 is 2.62 bits per heavy atom. The minimum Gasteiger partial charge on any atom is -0.468 e. The van der Waals surface area contributed by atoms with Gasteiger partial charge in [0, 0.05) is 10.5 Å². The highest BCUT2D eigenvalue weighted by Crippen LogP contribution is 2.28. The lowest BCUT2D eigenvalue weighted by Gasteiger charge is -2.28. The first-order valence-electron chi connectivity index (χ1n) is 6.85. The Morgan fingerprint density at radius 1 is 1.38 bits per heavy atom. The van der Waals surface area contributed by atoms with E-state index in [-0.39, 0.29) is 18.5 Å². The van der Waals surface area contributed by atoms with Crippen molar-refractivity contribution < 1.29 is 14.3 Å². The fourth-order valence-corrected chi connectivity index (χ4v) is 3.36. The molecule has 1 aromatic rings. The maximum absolute atomic E-state index is 12.7. The molecule has 0 unspecified atom stereocenters. The van der Waals surface area contributed by atoms with Crippen LogP contribution in [0.3, 0.4) is 0 Å². The lowest BCUT2D eigenvalue weighted by atomic mass is 10.1. The van der Waals surface area contributed by atoms with Crippen LogP contribution >= 0.6 is 27.5 Å². The van der Waals surface area contributed by atoms with Gasteiger partial charge >= 0.3 is 5.97 Å². The lowest BCUT2D eigenvalue weighted by Crippen LogP contribution is -2.42. The van der Waals surface area contributed by atoms with Crippen LogP contribution in [0.5, 0.6) is 0 Å². The van der Waals surface area contributed by atoms with Crippen molar-refractivity contribution >= 4 is 39.4 Å². The number of rotatable bonds is 4. The number of ether oxygens (including phenoxy) is 1. The highest BCUT2D eigenvalue weighted by Gasteiger charge is 2.30. The van der Waals surface area contributed by atoms with Crippen molar-refractivity contribution in [2.45, 2.75) is 31.7 Å². The number of benzene rings is 1. The molecule has 2 rings (SSSR count). The van der Waals surface area contributed by atoms with Gasteiger partial charge in [0.25, 0.3) is 5.91 Å². The van der Waals surface area contributed by atoms with Crippen molar-refractivity contribution in [2.24, 2.45) is 0 Å². The molecular weight excluding hydrogens is 358 g/mol. The third-order valence-corrected chi connectivity index (χ3v) is 4.52. The number of halogens is 2. The van der Waals surface area contributed by atoms with Crippen LogP contribution in [0.4, 0.5) is 0 Å². The topological polar surface area (TPSA) is 46.6 Å². The summed E-state index contributed by atoms with van der Waals surface area (Å²) in [6.07, 6.45) is 3.97. The van der Waals surface area contributed by atoms with Crippen LogP contribution in [0.15, 0.2) is 22.7 Å². The average molecular weight is 375 g/mol. The number of hydrogen-bond donors (Lipinski definition) is 0. The summed E-state index contributed by atoms with van der Waals surface area (Å²) in [6, 6.07) is 5.20. The van der Waals surface area contributed by atoms with Crippen LogP contribution in [0.2, 0.25) is 5.02 Å². The Kier molecular flexibility index (Phi) is 5.65. The molecule has 0 N–H and O–H groups in total. The van der Waals surface area contributed by atoms with E-state index in [1.165, 1.54) is 7.11 Å². The van der Waals surface area contributed by atoms with Crippen molar-refractivity contribution in [1.82, 2.24) is 4.90 Å². The SMILES string of the molecule is COC(=O)CN(C(=O)c1ccc(Br)cc1Cl)C1CCCC1. The molecule has 21 heavy (non-hydrogen) atoms. The van der Waals surface area contributed by atoms with E-state index >= 15 is 0 Å². The van der Waals surface area contributed by atoms with Crippen LogP contribution in [0, 0.1) is 0 Å². The molecule has 0 radical (unpaired) electrons. The van der Waals surface area contributed by atoms with Crippen LogP contribution in [-0.4, -0.2) is 36.5 Å². The van der Waals surface area contributed by atoms with Gasteiger partial charge in [-0.25, -0.2) is 0 Å². The molecule has 0 atom stereocenters. The Bertz CT molecular complexity index is 544. The summed E-state index contributed by atoms with van der Waals surface area (Å²) in [6.45, 7) is -0.0353. The molecule has 0 heterocycles. The third-order valence-electron chi connectivity index (χ3n) is 3.71. The normalized spacial score (nSPS) is 15.0. The summed E-state index contributed by atoms with van der Waals surface area (Å²) >= 11 is 9.47. The zero-order valence-corrected chi connectivity index (χ0v) is 14.1. The molecule has 6 heteroatoms. The Hall–Kier alpha value is -1.07. The molecule has 0 spiro atoms. The first kappa shape index (κ1) is 16.3. The average Bonchev–Trinajstić information content (AvgIpc) is 2.97. The Morgan fingerprint density at radius 2 is 2.05 bits per heavy atom. The molecule has 0 aliphatic heterocycles. The molecule has 0 aromatic heterocycles. The largest absolute Gasteiger partial charge is 0.468 e. The highest BCUT2D eigenvalue weighted by atomic mass is 79.9. The van der Waals surface area contributed by atoms with Crippen LogP contribution in [0.1, 0.15) is 36.0 Å². The number of carbonyl (C=O) groups excluding carboxylic acids is 2. The van der Waals surface area contributed by atoms with Crippen molar-refractivity contribution in [1.29, 1.82) is 0 Å². The van der Waals surface area contributed by atoms with Gasteiger partial charge in [-0.05, 0) is 31.0 Å². The van der Waals surface area contributed by atoms with Gasteiger partial charge in [0.1, 0.15) is 6.54 Å². The molecule has 1 amide bonds. The summed E-state index contributed by atoms with van der Waals surface area (Å²) in [4.78, 5) is 25.9. The van der Waals surface area contributed by atoms with Gasteiger partial charge in [0.2, 0.25) is 0 Å². The molecule has 1 saturated carbocycles. The van der Waals surface area contributed by atoms with E-state index in [4.69, 9.17) is 16.3 Å². The van der Waals surface area contributed by atoms with Crippen LogP contribution in [-0.2, 0) is 9.53 Å². The van der Waals surface area contributed by atoms with E-state index in [1.807, 2.05) is 0 Å². The summed E-state index contributed by atoms with van der Waals surface area (Å²) in [5.74, 6) is -0.631. The molecule has 1 aliphatic rings. The first-order chi connectivity index (χ1) is 10.0. The fraction of sp³-hybridized carbons (Fsp3) is 0.467. The smallest absolute Gasteiger partial charge is 0.325 e. The minimum atomic E-state index is -0.413. The fourth-order valence-electron chi connectivity index (χ4n) is 2.60. The Balaban J connectivity index is 2.26. The van der Waals surface area contributed by atoms with E-state index in [9.17, 15) is 9.59 Å². The number of carbonyl (C=O) groups is 2. The molecule has 0 saturated heterocycles. The zero-order chi connectivity index (χ0) is 15.4. The van der Waals surface area contributed by atoms with Crippen molar-refractivity contribution in [3.8, 4) is 0 Å². The van der Waals surface area contributed by atoms with Crippen molar-refractivity contribution in [3.63, 3.8) is 0 Å². The second kappa shape index (κ2) is 7.27. The number of esters is 1. The van der Waals surface area contributed by atoms with Gasteiger partial charge in [-0.15, -0.1) is 0 Å². The maximum atomic E-state index is 12.7. The quantitative estimate of drug-likeness (QED) is 0.756. The minimum absolute atomic E-state index is 0.0353. The predicted octanol–water partition coefficient (Wildman–Crippen LogP) is 3.66. The van der Waals surface area contributed by atoms with Gasteiger partial charge in [-0.2, -0.15) is 0 Å². The highest BCUT2D eigenvalue weighted by molar-refractivity contribution is 9.10. The van der Waals surface area contributed by atoms with E-state index in [2.05, 4.69) is 15.9 Å². The molecule has 1 aliphatic carbocycles.